The van der Waals surface area contributed by atoms with Crippen molar-refractivity contribution in [1.29, 1.82) is 0 Å². The first-order chi connectivity index (χ1) is 13.6. The average Bonchev–Trinajstić information content (AvgIpc) is 2.70. The number of amides is 1. The zero-order valence-corrected chi connectivity index (χ0v) is 15.4. The summed E-state index contributed by atoms with van der Waals surface area (Å²) in [5.74, 6) is 0.302. The highest BCUT2D eigenvalue weighted by Crippen LogP contribution is 2.24. The molecule has 4 rings (SSSR count). The van der Waals surface area contributed by atoms with Gasteiger partial charge >= 0.3 is 0 Å². The van der Waals surface area contributed by atoms with Gasteiger partial charge < -0.3 is 22.1 Å². The maximum Gasteiger partial charge on any atom is 0.271 e. The molecule has 1 aromatic carbocycles. The number of hydrogen-bond donors (Lipinski definition) is 4. The van der Waals surface area contributed by atoms with Gasteiger partial charge in [0, 0.05) is 29.4 Å². The minimum atomic E-state index is -0.632. The second-order valence-electron chi connectivity index (χ2n) is 7.11. The number of fused-ring (bicyclic) bond motifs is 1. The molecular weight excluding hydrogens is 354 g/mol. The topological polar surface area (TPSA) is 132 Å². The summed E-state index contributed by atoms with van der Waals surface area (Å²) >= 11 is 0. The normalized spacial score (nSPS) is 19.3. The molecule has 8 heteroatoms. The van der Waals surface area contributed by atoms with E-state index in [-0.39, 0.29) is 11.7 Å². The maximum absolute atomic E-state index is 11.8. The van der Waals surface area contributed by atoms with Crippen LogP contribution in [0.5, 0.6) is 0 Å². The maximum atomic E-state index is 11.8. The molecule has 1 fully saturated rings. The van der Waals surface area contributed by atoms with Crippen molar-refractivity contribution < 1.29 is 4.79 Å². The zero-order valence-electron chi connectivity index (χ0n) is 15.4. The van der Waals surface area contributed by atoms with E-state index in [2.05, 4.69) is 25.6 Å². The molecule has 3 aromatic rings. The molecule has 1 amide bonds. The van der Waals surface area contributed by atoms with Gasteiger partial charge in [0.25, 0.3) is 5.91 Å². The molecule has 0 atom stereocenters. The summed E-state index contributed by atoms with van der Waals surface area (Å²) in [7, 11) is 0. The van der Waals surface area contributed by atoms with Crippen molar-refractivity contribution in [3.63, 3.8) is 0 Å². The third-order valence-corrected chi connectivity index (χ3v) is 5.00. The Bertz CT molecular complexity index is 999. The smallest absolute Gasteiger partial charge is 0.271 e. The summed E-state index contributed by atoms with van der Waals surface area (Å²) < 4.78 is 0. The van der Waals surface area contributed by atoms with Crippen molar-refractivity contribution in [2.75, 3.05) is 10.6 Å². The number of nitrogens with one attached hydrogen (secondary N) is 2. The monoisotopic (exact) mass is 377 g/mol. The fraction of sp³-hybridized carbons (Fsp3) is 0.300. The summed E-state index contributed by atoms with van der Waals surface area (Å²) in [6.45, 7) is 0. The Labute approximate surface area is 162 Å². The molecule has 0 aliphatic heterocycles. The van der Waals surface area contributed by atoms with Crippen LogP contribution in [0, 0.1) is 0 Å². The number of benzene rings is 1. The number of anilines is 3. The fourth-order valence-corrected chi connectivity index (χ4v) is 3.49. The van der Waals surface area contributed by atoms with E-state index in [1.807, 2.05) is 30.3 Å². The predicted molar refractivity (Wildman–Crippen MR) is 109 cm³/mol. The molecule has 1 aliphatic carbocycles. The van der Waals surface area contributed by atoms with E-state index in [1.165, 1.54) is 0 Å². The van der Waals surface area contributed by atoms with Gasteiger partial charge in [0.05, 0.1) is 11.7 Å². The third kappa shape index (κ3) is 4.01. The van der Waals surface area contributed by atoms with E-state index in [0.717, 1.165) is 42.3 Å². The van der Waals surface area contributed by atoms with Gasteiger partial charge in [-0.15, -0.1) is 0 Å². The van der Waals surface area contributed by atoms with Crippen molar-refractivity contribution in [2.45, 2.75) is 37.8 Å². The third-order valence-electron chi connectivity index (χ3n) is 5.00. The second-order valence-corrected chi connectivity index (χ2v) is 7.11. The highest BCUT2D eigenvalue weighted by Gasteiger charge is 2.20. The van der Waals surface area contributed by atoms with E-state index in [0.29, 0.717) is 17.7 Å². The first-order valence-electron chi connectivity index (χ1n) is 9.39. The lowest BCUT2D eigenvalue weighted by molar-refractivity contribution is 0.0996. The van der Waals surface area contributed by atoms with Crippen LogP contribution in [0.15, 0.2) is 42.7 Å². The number of carbonyl (C=O) groups excluding carboxylic acids is 1. The fourth-order valence-electron chi connectivity index (χ4n) is 3.49. The standard InChI is InChI=1S/C20H23N7O/c21-13-3-5-14(6-4-13)25-17-11-24-18(19(22)28)20(27-17)26-15-7-8-16-12(10-15)2-1-9-23-16/h1-2,7-11,13-14H,3-6,21H2,(H2,22,28)(H2,25,26,27)/t13-,14+. The van der Waals surface area contributed by atoms with Crippen LogP contribution in [0.1, 0.15) is 36.2 Å². The Morgan fingerprint density at radius 3 is 2.71 bits per heavy atom. The average molecular weight is 377 g/mol. The number of pyridine rings is 1. The molecule has 0 unspecified atom stereocenters. The Morgan fingerprint density at radius 2 is 1.93 bits per heavy atom. The molecule has 1 saturated carbocycles. The summed E-state index contributed by atoms with van der Waals surface area (Å²) in [5, 5.41) is 7.54. The quantitative estimate of drug-likeness (QED) is 0.537. The highest BCUT2D eigenvalue weighted by atomic mass is 16.1. The number of primary amides is 1. The van der Waals surface area contributed by atoms with Crippen LogP contribution in [-0.4, -0.2) is 32.9 Å². The van der Waals surface area contributed by atoms with E-state index in [1.54, 1.807) is 12.4 Å². The van der Waals surface area contributed by atoms with E-state index in [9.17, 15) is 4.79 Å². The number of nitrogens with zero attached hydrogens (tertiary/aromatic N) is 3. The Morgan fingerprint density at radius 1 is 1.11 bits per heavy atom. The van der Waals surface area contributed by atoms with Crippen molar-refractivity contribution in [3.05, 3.63) is 48.4 Å². The van der Waals surface area contributed by atoms with Crippen molar-refractivity contribution in [3.8, 4) is 0 Å². The van der Waals surface area contributed by atoms with Crippen molar-refractivity contribution in [2.24, 2.45) is 11.5 Å². The largest absolute Gasteiger partial charge is 0.366 e. The molecule has 28 heavy (non-hydrogen) atoms. The van der Waals surface area contributed by atoms with Crippen LogP contribution in [-0.2, 0) is 0 Å². The van der Waals surface area contributed by atoms with Crippen molar-refractivity contribution >= 4 is 34.1 Å². The first-order valence-corrected chi connectivity index (χ1v) is 9.39. The molecule has 0 bridgehead atoms. The van der Waals surface area contributed by atoms with Crippen LogP contribution in [0.3, 0.4) is 0 Å². The molecule has 8 nitrogen and oxygen atoms in total. The Hall–Kier alpha value is -3.26. The Kier molecular flexibility index (Phi) is 5.03. The van der Waals surface area contributed by atoms with Gasteiger partial charge in [0.1, 0.15) is 5.82 Å². The van der Waals surface area contributed by atoms with Gasteiger partial charge in [-0.1, -0.05) is 6.07 Å². The summed E-state index contributed by atoms with van der Waals surface area (Å²) in [5.41, 5.74) is 13.2. The number of hydrogen-bond acceptors (Lipinski definition) is 7. The van der Waals surface area contributed by atoms with Gasteiger partial charge in [0.15, 0.2) is 11.5 Å². The molecule has 0 radical (unpaired) electrons. The highest BCUT2D eigenvalue weighted by molar-refractivity contribution is 5.96. The van der Waals surface area contributed by atoms with E-state index < -0.39 is 5.91 Å². The lowest BCUT2D eigenvalue weighted by atomic mass is 9.92. The Balaban J connectivity index is 1.59. The summed E-state index contributed by atoms with van der Waals surface area (Å²) in [6.07, 6.45) is 7.24. The minimum absolute atomic E-state index is 0.0995. The molecule has 0 saturated heterocycles. The predicted octanol–water partition coefficient (Wildman–Crippen LogP) is 2.55. The SMILES string of the molecule is NC(=O)c1ncc(N[C@H]2CC[C@@H](N)CC2)nc1Nc1ccc2ncccc2c1. The molecule has 2 heterocycles. The molecule has 2 aromatic heterocycles. The van der Waals surface area contributed by atoms with Gasteiger partial charge in [-0.3, -0.25) is 9.78 Å². The molecule has 144 valence electrons. The van der Waals surface area contributed by atoms with Gasteiger partial charge in [-0.05, 0) is 49.9 Å². The van der Waals surface area contributed by atoms with Crippen LogP contribution in [0.4, 0.5) is 17.3 Å². The van der Waals surface area contributed by atoms with Crippen LogP contribution < -0.4 is 22.1 Å². The molecule has 0 spiro atoms. The molecular formula is C20H23N7O. The molecule has 1 aliphatic rings. The second kappa shape index (κ2) is 7.77. The van der Waals surface area contributed by atoms with Gasteiger partial charge in [0.2, 0.25) is 0 Å². The summed E-state index contributed by atoms with van der Waals surface area (Å²) in [4.78, 5) is 24.9. The first kappa shape index (κ1) is 18.1. The van der Waals surface area contributed by atoms with Gasteiger partial charge in [-0.25, -0.2) is 9.97 Å². The minimum Gasteiger partial charge on any atom is -0.366 e. The number of aromatic nitrogens is 3. The van der Waals surface area contributed by atoms with Crippen LogP contribution >= 0.6 is 0 Å². The molecule has 6 N–H and O–H groups in total. The lowest BCUT2D eigenvalue weighted by Gasteiger charge is -2.27. The van der Waals surface area contributed by atoms with Crippen LogP contribution in [0.2, 0.25) is 0 Å². The summed E-state index contributed by atoms with van der Waals surface area (Å²) in [6, 6.07) is 10.2. The van der Waals surface area contributed by atoms with Crippen LogP contribution in [0.25, 0.3) is 10.9 Å². The van der Waals surface area contributed by atoms with E-state index >= 15 is 0 Å². The van der Waals surface area contributed by atoms with Gasteiger partial charge in [-0.2, -0.15) is 0 Å². The number of carbonyl (C=O) groups is 1. The van der Waals surface area contributed by atoms with Crippen molar-refractivity contribution in [1.82, 2.24) is 15.0 Å². The zero-order chi connectivity index (χ0) is 19.5. The number of rotatable bonds is 5. The lowest BCUT2D eigenvalue weighted by Crippen LogP contribution is -2.33. The van der Waals surface area contributed by atoms with E-state index in [4.69, 9.17) is 11.5 Å². The number of nitrogens with two attached hydrogens (primary N) is 2.